The average molecular weight is 221 g/mol. The first kappa shape index (κ1) is 12.2. The molecule has 5 nitrogen and oxygen atoms in total. The highest BCUT2D eigenvalue weighted by atomic mass is 16.3. The Labute approximate surface area is 93.7 Å². The maximum atomic E-state index is 9.21. The van der Waals surface area contributed by atoms with Gasteiger partial charge in [-0.25, -0.2) is 4.68 Å². The highest BCUT2D eigenvalue weighted by molar-refractivity contribution is 5.28. The minimum absolute atomic E-state index is 0. The summed E-state index contributed by atoms with van der Waals surface area (Å²) >= 11 is 0. The Bertz CT molecular complexity index is 411. The molecule has 0 radical (unpaired) electrons. The second-order valence-electron chi connectivity index (χ2n) is 3.40. The van der Waals surface area contributed by atoms with E-state index in [0.717, 1.165) is 12.0 Å². The number of aromatic nitrogens is 3. The number of hydrogen-bond donors (Lipinski definition) is 1. The summed E-state index contributed by atoms with van der Waals surface area (Å²) in [6.07, 6.45) is 4.46. The number of hydrogen-bond acceptors (Lipinski definition) is 3. The van der Waals surface area contributed by atoms with Crippen LogP contribution in [0.25, 0.3) is 0 Å². The van der Waals surface area contributed by atoms with E-state index in [1.807, 2.05) is 23.0 Å². The fraction of sp³-hybridized carbons (Fsp3) is 0.273. The molecule has 86 valence electrons. The molecule has 0 saturated heterocycles. The third kappa shape index (κ3) is 2.38. The SMILES string of the molecule is CCC(c1ccc(O)cc1)n1ccnn1.O. The molecule has 3 N–H and O–H groups in total. The van der Waals surface area contributed by atoms with Crippen LogP contribution in [0.15, 0.2) is 36.7 Å². The van der Waals surface area contributed by atoms with Gasteiger partial charge in [-0.3, -0.25) is 0 Å². The Morgan fingerprint density at radius 2 is 2.00 bits per heavy atom. The molecular formula is C11H15N3O2. The summed E-state index contributed by atoms with van der Waals surface area (Å²) in [5.74, 6) is 0.284. The quantitative estimate of drug-likeness (QED) is 0.844. The first-order chi connectivity index (χ1) is 7.31. The monoisotopic (exact) mass is 221 g/mol. The molecule has 2 aromatic rings. The van der Waals surface area contributed by atoms with Gasteiger partial charge in [0.2, 0.25) is 0 Å². The minimum Gasteiger partial charge on any atom is -0.508 e. The molecule has 0 fully saturated rings. The van der Waals surface area contributed by atoms with Crippen molar-refractivity contribution in [1.82, 2.24) is 15.0 Å². The van der Waals surface area contributed by atoms with Crippen LogP contribution in [0.1, 0.15) is 24.9 Å². The fourth-order valence-corrected chi connectivity index (χ4v) is 1.66. The van der Waals surface area contributed by atoms with Gasteiger partial charge < -0.3 is 10.6 Å². The standard InChI is InChI=1S/C11H13N3O.H2O/c1-2-11(14-8-7-12-13-14)9-3-5-10(15)6-4-9;/h3-8,11,15H,2H2,1H3;1H2. The van der Waals surface area contributed by atoms with Crippen LogP contribution in [0.2, 0.25) is 0 Å². The molecule has 0 aliphatic heterocycles. The van der Waals surface area contributed by atoms with E-state index >= 15 is 0 Å². The Morgan fingerprint density at radius 3 is 2.50 bits per heavy atom. The van der Waals surface area contributed by atoms with Gasteiger partial charge in [-0.15, -0.1) is 5.10 Å². The van der Waals surface area contributed by atoms with Crippen molar-refractivity contribution in [1.29, 1.82) is 0 Å². The fourth-order valence-electron chi connectivity index (χ4n) is 1.66. The van der Waals surface area contributed by atoms with Gasteiger partial charge in [0.15, 0.2) is 0 Å². The maximum Gasteiger partial charge on any atom is 0.115 e. The van der Waals surface area contributed by atoms with E-state index < -0.39 is 0 Å². The van der Waals surface area contributed by atoms with Crippen LogP contribution >= 0.6 is 0 Å². The highest BCUT2D eigenvalue weighted by Gasteiger charge is 2.11. The highest BCUT2D eigenvalue weighted by Crippen LogP contribution is 2.22. The molecule has 0 spiro atoms. The average Bonchev–Trinajstić information content (AvgIpc) is 2.75. The molecule has 16 heavy (non-hydrogen) atoms. The van der Waals surface area contributed by atoms with Crippen molar-refractivity contribution >= 4 is 0 Å². The maximum absolute atomic E-state index is 9.21. The number of nitrogens with zero attached hydrogens (tertiary/aromatic N) is 3. The normalized spacial score (nSPS) is 11.8. The number of aromatic hydroxyl groups is 1. The summed E-state index contributed by atoms with van der Waals surface area (Å²) in [6, 6.07) is 7.38. The van der Waals surface area contributed by atoms with Crippen molar-refractivity contribution in [2.45, 2.75) is 19.4 Å². The van der Waals surface area contributed by atoms with Crippen LogP contribution in [0.3, 0.4) is 0 Å². The number of benzene rings is 1. The van der Waals surface area contributed by atoms with E-state index in [4.69, 9.17) is 0 Å². The van der Waals surface area contributed by atoms with Crippen LogP contribution in [-0.4, -0.2) is 25.6 Å². The molecular weight excluding hydrogens is 206 g/mol. The lowest BCUT2D eigenvalue weighted by Gasteiger charge is -2.14. The Balaban J connectivity index is 0.00000128. The largest absolute Gasteiger partial charge is 0.508 e. The summed E-state index contributed by atoms with van der Waals surface area (Å²) in [7, 11) is 0. The number of phenolic OH excluding ortho intramolecular Hbond substituents is 1. The lowest BCUT2D eigenvalue weighted by atomic mass is 10.0. The third-order valence-corrected chi connectivity index (χ3v) is 2.42. The van der Waals surface area contributed by atoms with Crippen LogP contribution in [-0.2, 0) is 0 Å². The van der Waals surface area contributed by atoms with Gasteiger partial charge in [0.05, 0.1) is 12.2 Å². The first-order valence-corrected chi connectivity index (χ1v) is 4.96. The lowest BCUT2D eigenvalue weighted by Crippen LogP contribution is -2.10. The van der Waals surface area contributed by atoms with E-state index in [1.54, 1.807) is 18.3 Å². The summed E-state index contributed by atoms with van der Waals surface area (Å²) in [4.78, 5) is 0. The zero-order valence-corrected chi connectivity index (χ0v) is 9.04. The van der Waals surface area contributed by atoms with Crippen LogP contribution in [0, 0.1) is 0 Å². The summed E-state index contributed by atoms with van der Waals surface area (Å²) in [6.45, 7) is 2.10. The lowest BCUT2D eigenvalue weighted by molar-refractivity contribution is 0.471. The molecule has 1 unspecified atom stereocenters. The minimum atomic E-state index is 0. The number of phenols is 1. The van der Waals surface area contributed by atoms with E-state index in [0.29, 0.717) is 0 Å². The van der Waals surface area contributed by atoms with Crippen LogP contribution < -0.4 is 0 Å². The second kappa shape index (κ2) is 5.27. The van der Waals surface area contributed by atoms with Gasteiger partial charge in [-0.1, -0.05) is 24.3 Å². The molecule has 0 aliphatic rings. The van der Waals surface area contributed by atoms with Crippen molar-refractivity contribution in [2.75, 3.05) is 0 Å². The predicted molar refractivity (Wildman–Crippen MR) is 60.2 cm³/mol. The Kier molecular flexibility index (Phi) is 4.02. The van der Waals surface area contributed by atoms with Gasteiger partial charge in [0.1, 0.15) is 5.75 Å². The molecule has 1 aromatic carbocycles. The summed E-state index contributed by atoms with van der Waals surface area (Å²) in [5, 5.41) is 17.0. The molecule has 5 heteroatoms. The van der Waals surface area contributed by atoms with Gasteiger partial charge in [-0.2, -0.15) is 0 Å². The zero-order chi connectivity index (χ0) is 10.7. The van der Waals surface area contributed by atoms with E-state index in [1.165, 1.54) is 0 Å². The first-order valence-electron chi connectivity index (χ1n) is 4.96. The molecule has 0 saturated carbocycles. The van der Waals surface area contributed by atoms with Crippen molar-refractivity contribution in [3.8, 4) is 5.75 Å². The second-order valence-corrected chi connectivity index (χ2v) is 3.40. The van der Waals surface area contributed by atoms with Gasteiger partial charge in [0, 0.05) is 6.20 Å². The van der Waals surface area contributed by atoms with Gasteiger partial charge in [0.25, 0.3) is 0 Å². The van der Waals surface area contributed by atoms with Crippen molar-refractivity contribution in [3.05, 3.63) is 42.2 Å². The Hall–Kier alpha value is -1.88. The number of rotatable bonds is 3. The van der Waals surface area contributed by atoms with Gasteiger partial charge >= 0.3 is 0 Å². The topological polar surface area (TPSA) is 82.4 Å². The smallest absolute Gasteiger partial charge is 0.115 e. The molecule has 0 amide bonds. The van der Waals surface area contributed by atoms with E-state index in [9.17, 15) is 5.11 Å². The third-order valence-electron chi connectivity index (χ3n) is 2.42. The van der Waals surface area contributed by atoms with E-state index in [2.05, 4.69) is 17.2 Å². The van der Waals surface area contributed by atoms with E-state index in [-0.39, 0.29) is 17.3 Å². The molecule has 1 atom stereocenters. The summed E-state index contributed by atoms with van der Waals surface area (Å²) in [5.41, 5.74) is 1.13. The zero-order valence-electron chi connectivity index (χ0n) is 9.04. The van der Waals surface area contributed by atoms with Crippen LogP contribution in [0.5, 0.6) is 5.75 Å². The van der Waals surface area contributed by atoms with Crippen molar-refractivity contribution in [3.63, 3.8) is 0 Å². The molecule has 2 rings (SSSR count). The van der Waals surface area contributed by atoms with Gasteiger partial charge in [-0.05, 0) is 24.1 Å². The molecule has 1 aromatic heterocycles. The summed E-state index contributed by atoms with van der Waals surface area (Å²) < 4.78 is 1.83. The van der Waals surface area contributed by atoms with Crippen LogP contribution in [0.4, 0.5) is 0 Å². The molecule has 0 aliphatic carbocycles. The van der Waals surface area contributed by atoms with Crippen molar-refractivity contribution in [2.24, 2.45) is 0 Å². The molecule has 0 bridgehead atoms. The predicted octanol–water partition coefficient (Wildman–Crippen LogP) is 1.16. The Morgan fingerprint density at radius 1 is 1.31 bits per heavy atom. The molecule has 1 heterocycles. The van der Waals surface area contributed by atoms with Crippen molar-refractivity contribution < 1.29 is 10.6 Å².